The molecule has 0 saturated carbocycles. The molecule has 1 aliphatic rings. The summed E-state index contributed by atoms with van der Waals surface area (Å²) in [5.74, 6) is -0.0506. The molecule has 3 rings (SSSR count). The van der Waals surface area contributed by atoms with Gasteiger partial charge in [0, 0.05) is 55.4 Å². The van der Waals surface area contributed by atoms with E-state index in [0.29, 0.717) is 34.4 Å². The number of ether oxygens (including phenoxy) is 1. The van der Waals surface area contributed by atoms with Crippen LogP contribution in [0.4, 0.5) is 4.79 Å². The summed E-state index contributed by atoms with van der Waals surface area (Å²) in [4.78, 5) is 33.7. The van der Waals surface area contributed by atoms with Gasteiger partial charge in [0.25, 0.3) is 0 Å². The fourth-order valence-corrected chi connectivity index (χ4v) is 4.52. The molecular weight excluding hydrogens is 473 g/mol. The molecule has 0 radical (unpaired) electrons. The smallest absolute Gasteiger partial charge is 0.410 e. The number of Topliss-reactive ketones (excluding diaryl/α,β-unsaturated/α-hetero) is 1. The van der Waals surface area contributed by atoms with E-state index in [4.69, 9.17) is 27.9 Å². The van der Waals surface area contributed by atoms with E-state index in [2.05, 4.69) is 9.88 Å². The molecular formula is C26H33Cl2N3O3. The lowest BCUT2D eigenvalue weighted by Crippen LogP contribution is -2.54. The van der Waals surface area contributed by atoms with Crippen molar-refractivity contribution in [3.05, 3.63) is 62.4 Å². The highest BCUT2D eigenvalue weighted by Crippen LogP contribution is 2.25. The molecule has 34 heavy (non-hydrogen) atoms. The van der Waals surface area contributed by atoms with Gasteiger partial charge in [-0.15, -0.1) is 0 Å². The highest BCUT2D eigenvalue weighted by Gasteiger charge is 2.31. The number of aryl methyl sites for hydroxylation is 1. The Balaban J connectivity index is 1.70. The minimum absolute atomic E-state index is 0.0305. The lowest BCUT2D eigenvalue weighted by atomic mass is 9.96. The molecule has 1 aliphatic heterocycles. The minimum atomic E-state index is -0.514. The number of halogens is 2. The molecule has 1 aromatic heterocycles. The number of benzene rings is 1. The number of rotatable bonds is 5. The second-order valence-corrected chi connectivity index (χ2v) is 10.8. The van der Waals surface area contributed by atoms with Gasteiger partial charge in [-0.2, -0.15) is 0 Å². The summed E-state index contributed by atoms with van der Waals surface area (Å²) in [6, 6.07) is 5.51. The van der Waals surface area contributed by atoms with Crippen molar-refractivity contribution in [2.75, 3.05) is 19.6 Å². The van der Waals surface area contributed by atoms with Crippen LogP contribution in [0.15, 0.2) is 24.4 Å². The number of nitrogens with zero attached hydrogens (tertiary/aromatic N) is 3. The number of pyridine rings is 1. The monoisotopic (exact) mass is 505 g/mol. The normalized spacial score (nSPS) is 17.1. The number of aromatic nitrogens is 1. The first-order valence-corrected chi connectivity index (χ1v) is 12.2. The zero-order valence-electron chi connectivity index (χ0n) is 20.7. The maximum Gasteiger partial charge on any atom is 0.410 e. The van der Waals surface area contributed by atoms with Crippen LogP contribution < -0.4 is 0 Å². The average Bonchev–Trinajstić information content (AvgIpc) is 2.72. The van der Waals surface area contributed by atoms with Crippen LogP contribution in [-0.2, 0) is 17.7 Å². The van der Waals surface area contributed by atoms with Crippen LogP contribution in [0.3, 0.4) is 0 Å². The van der Waals surface area contributed by atoms with Crippen molar-refractivity contribution in [3.63, 3.8) is 0 Å². The third kappa shape index (κ3) is 6.71. The summed E-state index contributed by atoms with van der Waals surface area (Å²) in [5.41, 5.74) is 3.69. The largest absolute Gasteiger partial charge is 0.444 e. The van der Waals surface area contributed by atoms with Crippen LogP contribution in [0, 0.1) is 13.8 Å². The summed E-state index contributed by atoms with van der Waals surface area (Å²) < 4.78 is 5.55. The zero-order valence-corrected chi connectivity index (χ0v) is 22.3. The summed E-state index contributed by atoms with van der Waals surface area (Å²) in [6.07, 6.45) is 1.52. The van der Waals surface area contributed by atoms with Crippen LogP contribution in [0.2, 0.25) is 10.0 Å². The van der Waals surface area contributed by atoms with E-state index in [-0.39, 0.29) is 24.3 Å². The molecule has 0 N–H and O–H groups in total. The molecule has 1 saturated heterocycles. The molecule has 0 unspecified atom stereocenters. The van der Waals surface area contributed by atoms with E-state index in [9.17, 15) is 9.59 Å². The fourth-order valence-electron chi connectivity index (χ4n) is 4.09. The highest BCUT2D eigenvalue weighted by atomic mass is 35.5. The predicted octanol–water partition coefficient (Wildman–Crippen LogP) is 5.87. The lowest BCUT2D eigenvalue weighted by molar-refractivity contribution is 0.000532. The van der Waals surface area contributed by atoms with Crippen molar-refractivity contribution in [1.29, 1.82) is 0 Å². The van der Waals surface area contributed by atoms with E-state index in [0.717, 1.165) is 29.8 Å². The number of amides is 1. The molecule has 0 aliphatic carbocycles. The number of hydrogen-bond acceptors (Lipinski definition) is 5. The average molecular weight is 506 g/mol. The van der Waals surface area contributed by atoms with Gasteiger partial charge in [-0.1, -0.05) is 23.2 Å². The summed E-state index contributed by atoms with van der Waals surface area (Å²) >= 11 is 12.6. The van der Waals surface area contributed by atoms with Crippen LogP contribution in [0.1, 0.15) is 60.4 Å². The Kier molecular flexibility index (Phi) is 8.27. The molecule has 1 fully saturated rings. The molecule has 1 atom stereocenters. The third-order valence-corrected chi connectivity index (χ3v) is 6.62. The topological polar surface area (TPSA) is 62.7 Å². The van der Waals surface area contributed by atoms with Gasteiger partial charge >= 0.3 is 6.09 Å². The van der Waals surface area contributed by atoms with E-state index in [1.807, 2.05) is 46.8 Å². The summed E-state index contributed by atoms with van der Waals surface area (Å²) in [6.45, 7) is 14.2. The van der Waals surface area contributed by atoms with Gasteiger partial charge in [-0.3, -0.25) is 14.7 Å². The lowest BCUT2D eigenvalue weighted by Gasteiger charge is -2.40. The molecule has 0 bridgehead atoms. The minimum Gasteiger partial charge on any atom is -0.444 e. The van der Waals surface area contributed by atoms with E-state index in [1.54, 1.807) is 24.1 Å². The van der Waals surface area contributed by atoms with Crippen molar-refractivity contribution in [2.24, 2.45) is 0 Å². The Bertz CT molecular complexity index is 1080. The second-order valence-electron chi connectivity index (χ2n) is 10.00. The third-order valence-electron chi connectivity index (χ3n) is 6.02. The molecule has 2 heterocycles. The van der Waals surface area contributed by atoms with Gasteiger partial charge in [0.05, 0.1) is 10.7 Å². The predicted molar refractivity (Wildman–Crippen MR) is 136 cm³/mol. The number of carbonyl (C=O) groups excluding carboxylic acids is 2. The molecule has 1 aromatic carbocycles. The van der Waals surface area contributed by atoms with Gasteiger partial charge in [0.2, 0.25) is 0 Å². The van der Waals surface area contributed by atoms with E-state index < -0.39 is 5.60 Å². The molecule has 184 valence electrons. The molecule has 6 nitrogen and oxygen atoms in total. The van der Waals surface area contributed by atoms with Gasteiger partial charge in [-0.05, 0) is 76.4 Å². The number of carbonyl (C=O) groups is 2. The Labute approximate surface area is 212 Å². The quantitative estimate of drug-likeness (QED) is 0.475. The van der Waals surface area contributed by atoms with Crippen LogP contribution in [0.5, 0.6) is 0 Å². The fraction of sp³-hybridized carbons (Fsp3) is 0.500. The summed E-state index contributed by atoms with van der Waals surface area (Å²) in [5, 5.41) is 1.08. The Morgan fingerprint density at radius 1 is 1.12 bits per heavy atom. The van der Waals surface area contributed by atoms with Gasteiger partial charge < -0.3 is 9.64 Å². The highest BCUT2D eigenvalue weighted by molar-refractivity contribution is 6.31. The van der Waals surface area contributed by atoms with Crippen LogP contribution in [0.25, 0.3) is 0 Å². The molecule has 8 heteroatoms. The zero-order chi connectivity index (χ0) is 25.2. The van der Waals surface area contributed by atoms with Gasteiger partial charge in [0.15, 0.2) is 5.78 Å². The first-order valence-electron chi connectivity index (χ1n) is 11.5. The van der Waals surface area contributed by atoms with E-state index >= 15 is 0 Å². The Morgan fingerprint density at radius 3 is 2.41 bits per heavy atom. The maximum atomic E-state index is 12.9. The van der Waals surface area contributed by atoms with Gasteiger partial charge in [0.1, 0.15) is 5.60 Å². The van der Waals surface area contributed by atoms with Crippen molar-refractivity contribution >= 4 is 35.1 Å². The van der Waals surface area contributed by atoms with Gasteiger partial charge in [-0.25, -0.2) is 4.79 Å². The number of hydrogen-bond donors (Lipinski definition) is 0. The first kappa shape index (κ1) is 26.5. The number of ketones is 1. The van der Waals surface area contributed by atoms with Crippen molar-refractivity contribution in [2.45, 2.75) is 66.2 Å². The molecule has 1 amide bonds. The maximum absolute atomic E-state index is 12.9. The Morgan fingerprint density at radius 2 is 1.79 bits per heavy atom. The second kappa shape index (κ2) is 10.6. The van der Waals surface area contributed by atoms with Crippen molar-refractivity contribution in [1.82, 2.24) is 14.8 Å². The van der Waals surface area contributed by atoms with Crippen molar-refractivity contribution in [3.8, 4) is 0 Å². The first-order chi connectivity index (χ1) is 15.8. The molecule has 2 aromatic rings. The standard InChI is InChI=1S/C26H33Cl2N3O3/c1-16-14-30(7-8-31(16)25(33)34-26(4,5)6)15-21-10-22(27)9-19(17(21)2)12-24(32)20-11-23(28)18(3)29-13-20/h9-11,13,16H,7-8,12,14-15H2,1-6H3/t16-/m0/s1. The summed E-state index contributed by atoms with van der Waals surface area (Å²) in [7, 11) is 0. The Hall–Kier alpha value is -2.15. The van der Waals surface area contributed by atoms with Crippen molar-refractivity contribution < 1.29 is 14.3 Å². The van der Waals surface area contributed by atoms with Crippen LogP contribution in [-0.4, -0.2) is 57.9 Å². The SMILES string of the molecule is Cc1ncc(C(=O)Cc2cc(Cl)cc(CN3CCN(C(=O)OC(C)(C)C)[C@@H](C)C3)c2C)cc1Cl. The van der Waals surface area contributed by atoms with Crippen LogP contribution >= 0.6 is 23.2 Å². The van der Waals surface area contributed by atoms with E-state index in [1.165, 1.54) is 0 Å². The number of piperazine rings is 1. The molecule has 0 spiro atoms.